The zero-order valence-corrected chi connectivity index (χ0v) is 10.6. The van der Waals surface area contributed by atoms with Crippen molar-refractivity contribution in [2.45, 2.75) is 20.3 Å². The zero-order valence-electron chi connectivity index (χ0n) is 10.6. The number of para-hydroxylation sites is 1. The first-order chi connectivity index (χ1) is 8.65. The third-order valence-corrected chi connectivity index (χ3v) is 2.54. The van der Waals surface area contributed by atoms with Gasteiger partial charge in [0, 0.05) is 17.3 Å². The Kier molecular flexibility index (Phi) is 3.77. The summed E-state index contributed by atoms with van der Waals surface area (Å²) in [5, 5.41) is 5.07. The Morgan fingerprint density at radius 3 is 2.94 bits per heavy atom. The molecule has 4 heteroatoms. The predicted molar refractivity (Wildman–Crippen MR) is 73.5 cm³/mol. The molecular weight excluding hydrogens is 226 g/mol. The van der Waals surface area contributed by atoms with Gasteiger partial charge in [-0.25, -0.2) is 5.43 Å². The van der Waals surface area contributed by atoms with Gasteiger partial charge in [-0.05, 0) is 18.1 Å². The van der Waals surface area contributed by atoms with Crippen molar-refractivity contribution < 1.29 is 4.79 Å². The zero-order chi connectivity index (χ0) is 13.0. The second kappa shape index (κ2) is 5.49. The highest BCUT2D eigenvalue weighted by molar-refractivity contribution is 5.90. The van der Waals surface area contributed by atoms with Crippen molar-refractivity contribution in [3.63, 3.8) is 0 Å². The lowest BCUT2D eigenvalue weighted by Gasteiger charge is -2.01. The molecular formula is C14H17N3O. The van der Waals surface area contributed by atoms with E-state index in [0.717, 1.165) is 16.6 Å². The van der Waals surface area contributed by atoms with Gasteiger partial charge in [-0.2, -0.15) is 5.10 Å². The van der Waals surface area contributed by atoms with Crippen LogP contribution in [0, 0.1) is 5.92 Å². The normalized spacial score (nSPS) is 11.5. The average Bonchev–Trinajstić information content (AvgIpc) is 2.70. The molecule has 1 aromatic carbocycles. The first-order valence-corrected chi connectivity index (χ1v) is 6.05. The van der Waals surface area contributed by atoms with Crippen molar-refractivity contribution in [2.24, 2.45) is 11.0 Å². The van der Waals surface area contributed by atoms with E-state index in [2.05, 4.69) is 15.5 Å². The average molecular weight is 243 g/mol. The third-order valence-electron chi connectivity index (χ3n) is 2.54. The van der Waals surface area contributed by atoms with Gasteiger partial charge in [-0.1, -0.05) is 32.0 Å². The number of hydrogen-bond acceptors (Lipinski definition) is 2. The Labute approximate surface area is 106 Å². The number of aromatic nitrogens is 1. The Morgan fingerprint density at radius 1 is 1.44 bits per heavy atom. The number of nitrogens with zero attached hydrogens (tertiary/aromatic N) is 1. The van der Waals surface area contributed by atoms with Crippen molar-refractivity contribution in [3.05, 3.63) is 36.0 Å². The first-order valence-electron chi connectivity index (χ1n) is 6.05. The summed E-state index contributed by atoms with van der Waals surface area (Å²) in [6, 6.07) is 9.99. The van der Waals surface area contributed by atoms with E-state index >= 15 is 0 Å². The third kappa shape index (κ3) is 3.20. The van der Waals surface area contributed by atoms with Gasteiger partial charge >= 0.3 is 0 Å². The molecule has 0 radical (unpaired) electrons. The number of fused-ring (bicyclic) bond motifs is 1. The largest absolute Gasteiger partial charge is 0.354 e. The molecule has 2 N–H and O–H groups in total. The number of nitrogens with one attached hydrogen (secondary N) is 2. The molecule has 0 aliphatic heterocycles. The van der Waals surface area contributed by atoms with Crippen molar-refractivity contribution in [2.75, 3.05) is 0 Å². The van der Waals surface area contributed by atoms with E-state index in [0.29, 0.717) is 12.3 Å². The highest BCUT2D eigenvalue weighted by Gasteiger charge is 2.02. The summed E-state index contributed by atoms with van der Waals surface area (Å²) in [6.07, 6.45) is 2.11. The maximum Gasteiger partial charge on any atom is 0.240 e. The number of hydrazone groups is 1. The number of hydrogen-bond donors (Lipinski definition) is 2. The van der Waals surface area contributed by atoms with Gasteiger partial charge in [0.05, 0.1) is 11.9 Å². The van der Waals surface area contributed by atoms with E-state index < -0.39 is 0 Å². The summed E-state index contributed by atoms with van der Waals surface area (Å²) < 4.78 is 0. The van der Waals surface area contributed by atoms with Crippen LogP contribution in [0.15, 0.2) is 35.4 Å². The van der Waals surface area contributed by atoms with Crippen LogP contribution in [0.1, 0.15) is 26.0 Å². The van der Waals surface area contributed by atoms with Crippen molar-refractivity contribution in [1.82, 2.24) is 10.4 Å². The number of H-pyrrole nitrogens is 1. The molecule has 0 fully saturated rings. The van der Waals surface area contributed by atoms with Gasteiger partial charge in [-0.15, -0.1) is 0 Å². The van der Waals surface area contributed by atoms with Crippen molar-refractivity contribution in [3.8, 4) is 0 Å². The van der Waals surface area contributed by atoms with Crippen LogP contribution in [0.3, 0.4) is 0 Å². The molecule has 0 atom stereocenters. The van der Waals surface area contributed by atoms with Crippen LogP contribution in [-0.4, -0.2) is 17.1 Å². The summed E-state index contributed by atoms with van der Waals surface area (Å²) in [6.45, 7) is 4.00. The van der Waals surface area contributed by atoms with Gasteiger partial charge in [-0.3, -0.25) is 4.79 Å². The molecule has 0 unspecified atom stereocenters. The summed E-state index contributed by atoms with van der Waals surface area (Å²) in [5.74, 6) is 0.283. The molecule has 0 saturated heterocycles. The maximum atomic E-state index is 11.4. The summed E-state index contributed by atoms with van der Waals surface area (Å²) in [7, 11) is 0. The van der Waals surface area contributed by atoms with Crippen molar-refractivity contribution >= 4 is 23.0 Å². The smallest absolute Gasteiger partial charge is 0.240 e. The van der Waals surface area contributed by atoms with E-state index in [1.54, 1.807) is 6.21 Å². The van der Waals surface area contributed by atoms with Crippen molar-refractivity contribution in [1.29, 1.82) is 0 Å². The fraction of sp³-hybridized carbons (Fsp3) is 0.286. The summed E-state index contributed by atoms with van der Waals surface area (Å²) in [5.41, 5.74) is 4.46. The molecule has 4 nitrogen and oxygen atoms in total. The van der Waals surface area contributed by atoms with Gasteiger partial charge in [0.1, 0.15) is 0 Å². The second-order valence-electron chi connectivity index (χ2n) is 4.70. The lowest BCUT2D eigenvalue weighted by Crippen LogP contribution is -2.19. The molecule has 0 aliphatic rings. The van der Waals surface area contributed by atoms with Crippen LogP contribution in [0.4, 0.5) is 0 Å². The Hall–Kier alpha value is -2.10. The number of rotatable bonds is 4. The van der Waals surface area contributed by atoms with Crippen LogP contribution in [0.5, 0.6) is 0 Å². The Balaban J connectivity index is 1.98. The minimum absolute atomic E-state index is 0.0580. The summed E-state index contributed by atoms with van der Waals surface area (Å²) >= 11 is 0. The predicted octanol–water partition coefficient (Wildman–Crippen LogP) is 2.66. The van der Waals surface area contributed by atoms with Crippen LogP contribution in [0.2, 0.25) is 0 Å². The van der Waals surface area contributed by atoms with Crippen LogP contribution in [-0.2, 0) is 4.79 Å². The molecule has 1 heterocycles. The SMILES string of the molecule is CC(C)CC(=O)N/N=C\c1cc2ccccc2[nH]1. The molecule has 0 aliphatic carbocycles. The van der Waals surface area contributed by atoms with E-state index in [-0.39, 0.29) is 5.91 Å². The van der Waals surface area contributed by atoms with Gasteiger partial charge < -0.3 is 4.98 Å². The molecule has 0 saturated carbocycles. The molecule has 2 aromatic rings. The monoisotopic (exact) mass is 243 g/mol. The molecule has 2 rings (SSSR count). The van der Waals surface area contributed by atoms with E-state index in [1.165, 1.54) is 0 Å². The quantitative estimate of drug-likeness (QED) is 0.629. The van der Waals surface area contributed by atoms with E-state index in [4.69, 9.17) is 0 Å². The number of benzene rings is 1. The van der Waals surface area contributed by atoms with Crippen LogP contribution < -0.4 is 5.43 Å². The molecule has 94 valence electrons. The first kappa shape index (κ1) is 12.4. The Morgan fingerprint density at radius 2 is 2.22 bits per heavy atom. The summed E-state index contributed by atoms with van der Waals surface area (Å²) in [4.78, 5) is 14.6. The van der Waals surface area contributed by atoms with Crippen LogP contribution in [0.25, 0.3) is 10.9 Å². The van der Waals surface area contributed by atoms with Gasteiger partial charge in [0.25, 0.3) is 0 Å². The number of aromatic amines is 1. The van der Waals surface area contributed by atoms with E-state index in [9.17, 15) is 4.79 Å². The second-order valence-corrected chi connectivity index (χ2v) is 4.70. The standard InChI is InChI=1S/C14H17N3O/c1-10(2)7-14(18)17-15-9-12-8-11-5-3-4-6-13(11)16-12/h3-6,8-10,16H,7H2,1-2H3,(H,17,18)/b15-9-. The number of carbonyl (C=O) groups excluding carboxylic acids is 1. The van der Waals surface area contributed by atoms with E-state index in [1.807, 2.05) is 44.2 Å². The molecule has 1 aromatic heterocycles. The number of amides is 1. The van der Waals surface area contributed by atoms with Gasteiger partial charge in [0.2, 0.25) is 5.91 Å². The fourth-order valence-electron chi connectivity index (χ4n) is 1.76. The lowest BCUT2D eigenvalue weighted by molar-refractivity contribution is -0.121. The highest BCUT2D eigenvalue weighted by Crippen LogP contribution is 2.13. The minimum Gasteiger partial charge on any atom is -0.354 e. The van der Waals surface area contributed by atoms with Gasteiger partial charge in [0.15, 0.2) is 0 Å². The molecule has 18 heavy (non-hydrogen) atoms. The molecule has 1 amide bonds. The molecule has 0 spiro atoms. The number of carbonyl (C=O) groups is 1. The van der Waals surface area contributed by atoms with Crippen LogP contribution >= 0.6 is 0 Å². The fourth-order valence-corrected chi connectivity index (χ4v) is 1.76. The molecule has 0 bridgehead atoms. The Bertz CT molecular complexity index is 536. The minimum atomic E-state index is -0.0580. The maximum absolute atomic E-state index is 11.4. The lowest BCUT2D eigenvalue weighted by atomic mass is 10.1. The highest BCUT2D eigenvalue weighted by atomic mass is 16.2. The topological polar surface area (TPSA) is 57.2 Å².